The van der Waals surface area contributed by atoms with E-state index in [0.29, 0.717) is 24.2 Å². The first-order valence-corrected chi connectivity index (χ1v) is 23.4. The number of allylic oxidation sites excluding steroid dienone is 2. The molecule has 30 heavy (non-hydrogen) atoms. The van der Waals surface area contributed by atoms with Crippen molar-refractivity contribution in [3.63, 3.8) is 0 Å². The molecular formula is C27H27As3. The zero-order valence-corrected chi connectivity index (χ0v) is 22.9. The second-order valence-electron chi connectivity index (χ2n) is 7.52. The van der Waals surface area contributed by atoms with E-state index in [1.54, 1.807) is 15.5 Å². The van der Waals surface area contributed by atoms with Crippen molar-refractivity contribution in [3.05, 3.63) is 108 Å². The second-order valence-corrected chi connectivity index (χ2v) is 28.1. The Hall–Kier alpha value is -1.05. The van der Waals surface area contributed by atoms with Crippen molar-refractivity contribution < 1.29 is 0 Å². The van der Waals surface area contributed by atoms with Crippen molar-refractivity contribution in [2.75, 3.05) is 0 Å². The number of benzene rings is 3. The molecule has 0 bridgehead atoms. The number of hydrogen-bond acceptors (Lipinski definition) is 0. The molecule has 3 heteroatoms. The summed E-state index contributed by atoms with van der Waals surface area (Å²) in [5.74, 6) is 0. The molecule has 3 aromatic carbocycles. The van der Waals surface area contributed by atoms with Gasteiger partial charge in [0.25, 0.3) is 0 Å². The van der Waals surface area contributed by atoms with Gasteiger partial charge in [-0.05, 0) is 0 Å². The van der Waals surface area contributed by atoms with E-state index in [9.17, 15) is 0 Å². The Morgan fingerprint density at radius 2 is 1.10 bits per heavy atom. The maximum absolute atomic E-state index is 2.35. The molecule has 0 spiro atoms. The second kappa shape index (κ2) is 12.1. The molecular weight excluding hydrogens is 549 g/mol. The molecule has 0 amide bonds. The SMILES string of the molecule is c1ccc(C2=[As]\[As]=[As]/CCCCCC/C(c3ccccc3)=C\2c2ccccc2)cc1. The van der Waals surface area contributed by atoms with E-state index in [2.05, 4.69) is 91.0 Å². The van der Waals surface area contributed by atoms with Crippen molar-refractivity contribution in [2.24, 2.45) is 0 Å². The van der Waals surface area contributed by atoms with Crippen LogP contribution in [-0.4, -0.2) is 41.8 Å². The van der Waals surface area contributed by atoms with Crippen LogP contribution in [0.4, 0.5) is 0 Å². The van der Waals surface area contributed by atoms with Gasteiger partial charge in [-0.2, -0.15) is 0 Å². The van der Waals surface area contributed by atoms with Crippen LogP contribution in [-0.2, 0) is 0 Å². The Kier molecular flexibility index (Phi) is 8.94. The summed E-state index contributed by atoms with van der Waals surface area (Å²) < 4.78 is 1.67. The molecule has 1 heterocycles. The van der Waals surface area contributed by atoms with Crippen LogP contribution in [0.25, 0.3) is 11.1 Å². The van der Waals surface area contributed by atoms with E-state index in [0.717, 1.165) is 0 Å². The Balaban J connectivity index is 1.99. The Labute approximate surface area is 196 Å². The van der Waals surface area contributed by atoms with E-state index in [-0.39, 0.29) is 13.2 Å². The minimum absolute atomic E-state index is 0.260. The molecule has 0 atom stereocenters. The van der Waals surface area contributed by atoms with Crippen molar-refractivity contribution in [1.29, 1.82) is 0 Å². The minimum atomic E-state index is 0.260. The van der Waals surface area contributed by atoms with Crippen LogP contribution in [0, 0.1) is 0 Å². The summed E-state index contributed by atoms with van der Waals surface area (Å²) in [5.41, 5.74) is 7.38. The fourth-order valence-electron chi connectivity index (χ4n) is 3.92. The standard InChI is InChI=1S/C27H27As3/c1-2-13-21-28-30-29-27(24-18-10-5-11-19-24)26(23-16-8-4-9-17-23)25(20-12-1)22-14-6-3-7-15-22/h3-11,14-19H,1-2,12-13,20-21H2/b26-25+. The molecule has 150 valence electrons. The van der Waals surface area contributed by atoms with E-state index >= 15 is 0 Å². The van der Waals surface area contributed by atoms with Gasteiger partial charge in [-0.3, -0.25) is 0 Å². The average Bonchev–Trinajstić information content (AvgIpc) is 2.81. The molecule has 0 saturated heterocycles. The van der Waals surface area contributed by atoms with Gasteiger partial charge in [-0.15, -0.1) is 0 Å². The summed E-state index contributed by atoms with van der Waals surface area (Å²) >= 11 is 1.37. The van der Waals surface area contributed by atoms with E-state index in [4.69, 9.17) is 0 Å². The first-order chi connectivity index (χ1) is 14.9. The summed E-state index contributed by atoms with van der Waals surface area (Å²) in [4.78, 5) is 0. The normalized spacial score (nSPS) is 21.0. The van der Waals surface area contributed by atoms with Crippen molar-refractivity contribution in [1.82, 2.24) is 0 Å². The predicted molar refractivity (Wildman–Crippen MR) is 135 cm³/mol. The first-order valence-electron chi connectivity index (χ1n) is 10.8. The van der Waals surface area contributed by atoms with Gasteiger partial charge in [-0.25, -0.2) is 0 Å². The number of hydrogen-bond donors (Lipinski definition) is 0. The van der Waals surface area contributed by atoms with Crippen molar-refractivity contribution >= 4 is 52.9 Å². The molecule has 1 aliphatic heterocycles. The Morgan fingerprint density at radius 3 is 1.77 bits per heavy atom. The molecule has 0 N–H and O–H groups in total. The number of rotatable bonds is 3. The van der Waals surface area contributed by atoms with Crippen LogP contribution in [0.1, 0.15) is 48.8 Å². The fraction of sp³-hybridized carbons (Fsp3) is 0.222. The summed E-state index contributed by atoms with van der Waals surface area (Å²) in [6.07, 6.45) is 6.72. The summed E-state index contributed by atoms with van der Waals surface area (Å²) in [7, 11) is 0. The summed E-state index contributed by atoms with van der Waals surface area (Å²) in [5, 5.41) is 1.53. The van der Waals surface area contributed by atoms with Crippen molar-refractivity contribution in [3.8, 4) is 0 Å². The third kappa shape index (κ3) is 6.01. The van der Waals surface area contributed by atoms with E-state index in [1.165, 1.54) is 54.0 Å². The first kappa shape index (κ1) is 22.2. The average molecular weight is 576 g/mol. The maximum atomic E-state index is 2.35. The van der Waals surface area contributed by atoms with Gasteiger partial charge >= 0.3 is 198 Å². The van der Waals surface area contributed by atoms with Gasteiger partial charge < -0.3 is 0 Å². The van der Waals surface area contributed by atoms with E-state index < -0.39 is 0 Å². The molecule has 0 nitrogen and oxygen atoms in total. The topological polar surface area (TPSA) is 0 Å². The molecule has 1 aliphatic rings. The van der Waals surface area contributed by atoms with Gasteiger partial charge in [0.05, 0.1) is 0 Å². The van der Waals surface area contributed by atoms with Crippen LogP contribution in [0.15, 0.2) is 91.0 Å². The molecule has 0 radical (unpaired) electrons. The molecule has 0 fully saturated rings. The zero-order valence-electron chi connectivity index (χ0n) is 17.2. The predicted octanol–water partition coefficient (Wildman–Crippen LogP) is 6.14. The molecule has 0 aliphatic carbocycles. The van der Waals surface area contributed by atoms with Crippen LogP contribution in [0.5, 0.6) is 0 Å². The third-order valence-corrected chi connectivity index (χ3v) is 27.3. The fourth-order valence-corrected chi connectivity index (χ4v) is 26.8. The molecule has 0 aromatic heterocycles. The van der Waals surface area contributed by atoms with Gasteiger partial charge in [0.1, 0.15) is 0 Å². The van der Waals surface area contributed by atoms with Gasteiger partial charge in [0.15, 0.2) is 0 Å². The van der Waals surface area contributed by atoms with Crippen LogP contribution >= 0.6 is 0 Å². The molecule has 4 rings (SSSR count). The monoisotopic (exact) mass is 576 g/mol. The van der Waals surface area contributed by atoms with Crippen molar-refractivity contribution in [2.45, 2.75) is 37.3 Å². The summed E-state index contributed by atoms with van der Waals surface area (Å²) in [6, 6.07) is 33.7. The third-order valence-electron chi connectivity index (χ3n) is 5.41. The van der Waals surface area contributed by atoms with E-state index in [1.807, 2.05) is 0 Å². The van der Waals surface area contributed by atoms with Gasteiger partial charge in [0.2, 0.25) is 0 Å². The van der Waals surface area contributed by atoms with Gasteiger partial charge in [0, 0.05) is 0 Å². The summed E-state index contributed by atoms with van der Waals surface area (Å²) in [6.45, 7) is 0. The van der Waals surface area contributed by atoms with Crippen LogP contribution in [0.3, 0.4) is 0 Å². The van der Waals surface area contributed by atoms with Gasteiger partial charge in [-0.1, -0.05) is 0 Å². The van der Waals surface area contributed by atoms with Crippen LogP contribution in [0.2, 0.25) is 5.21 Å². The Bertz CT molecular complexity index is 1020. The Morgan fingerprint density at radius 1 is 0.533 bits per heavy atom. The van der Waals surface area contributed by atoms with Crippen LogP contribution < -0.4 is 0 Å². The zero-order chi connectivity index (χ0) is 20.4. The molecule has 3 aromatic rings. The molecule has 0 saturated carbocycles. The quantitative estimate of drug-likeness (QED) is 0.329. The molecule has 0 unspecified atom stereocenters.